The van der Waals surface area contributed by atoms with Crippen molar-refractivity contribution in [3.05, 3.63) is 102 Å². The molecule has 0 saturated carbocycles. The van der Waals surface area contributed by atoms with E-state index in [-0.39, 0.29) is 36.5 Å². The highest BCUT2D eigenvalue weighted by Gasteiger charge is 2.54. The van der Waals surface area contributed by atoms with Gasteiger partial charge in [-0.3, -0.25) is 14.4 Å². The third-order valence-corrected chi connectivity index (χ3v) is 7.58. The molecule has 0 radical (unpaired) electrons. The molecule has 0 unspecified atom stereocenters. The molecule has 7 nitrogen and oxygen atoms in total. The Morgan fingerprint density at radius 2 is 1.50 bits per heavy atom. The fraction of sp³-hybridized carbons (Fsp3) is 0.300. The van der Waals surface area contributed by atoms with E-state index in [2.05, 4.69) is 4.90 Å². The molecular formula is C30H31FN4O3. The van der Waals surface area contributed by atoms with Crippen LogP contribution in [0.4, 0.5) is 10.1 Å². The maximum atomic E-state index is 14.3. The second kappa shape index (κ2) is 10.7. The zero-order valence-corrected chi connectivity index (χ0v) is 21.4. The molecule has 38 heavy (non-hydrogen) atoms. The summed E-state index contributed by atoms with van der Waals surface area (Å²) in [5, 5.41) is 0. The highest BCUT2D eigenvalue weighted by Crippen LogP contribution is 2.39. The first kappa shape index (κ1) is 25.4. The van der Waals surface area contributed by atoms with Gasteiger partial charge < -0.3 is 19.6 Å². The van der Waals surface area contributed by atoms with Crippen LogP contribution in [0.15, 0.2) is 84.9 Å². The summed E-state index contributed by atoms with van der Waals surface area (Å²) in [6.07, 6.45) is 0.789. The van der Waals surface area contributed by atoms with Crippen LogP contribution in [0.5, 0.6) is 0 Å². The lowest BCUT2D eigenvalue weighted by Gasteiger charge is -2.43. The molecule has 2 fully saturated rings. The van der Waals surface area contributed by atoms with Gasteiger partial charge in [0.05, 0.1) is 12.2 Å². The zero-order valence-electron chi connectivity index (χ0n) is 21.4. The fourth-order valence-corrected chi connectivity index (χ4v) is 5.44. The molecule has 2 saturated heterocycles. The van der Waals surface area contributed by atoms with E-state index in [0.29, 0.717) is 32.5 Å². The van der Waals surface area contributed by atoms with Crippen LogP contribution in [0.25, 0.3) is 0 Å². The molecule has 0 N–H and O–H groups in total. The third-order valence-electron chi connectivity index (χ3n) is 7.58. The number of hydrogen-bond donors (Lipinski definition) is 0. The number of carbonyl (C=O) groups is 3. The molecule has 0 bridgehead atoms. The molecule has 2 heterocycles. The van der Waals surface area contributed by atoms with E-state index >= 15 is 0 Å². The topological polar surface area (TPSA) is 64.2 Å². The predicted molar refractivity (Wildman–Crippen MR) is 143 cm³/mol. The van der Waals surface area contributed by atoms with E-state index < -0.39 is 11.4 Å². The Morgan fingerprint density at radius 3 is 2.16 bits per heavy atom. The van der Waals surface area contributed by atoms with E-state index in [1.807, 2.05) is 60.7 Å². The number of carbonyl (C=O) groups excluding carboxylic acids is 3. The van der Waals surface area contributed by atoms with Crippen molar-refractivity contribution in [3.8, 4) is 0 Å². The molecule has 3 aromatic rings. The van der Waals surface area contributed by atoms with Crippen molar-refractivity contribution in [1.82, 2.24) is 14.7 Å². The van der Waals surface area contributed by atoms with Crippen molar-refractivity contribution in [2.45, 2.75) is 24.9 Å². The Balaban J connectivity index is 1.33. The van der Waals surface area contributed by atoms with Gasteiger partial charge in [-0.1, -0.05) is 60.7 Å². The van der Waals surface area contributed by atoms with Gasteiger partial charge in [0.2, 0.25) is 5.91 Å². The highest BCUT2D eigenvalue weighted by atomic mass is 19.1. The number of benzene rings is 3. The van der Waals surface area contributed by atoms with Crippen LogP contribution >= 0.6 is 0 Å². The number of hydrogen-bond acceptors (Lipinski definition) is 4. The van der Waals surface area contributed by atoms with Crippen molar-refractivity contribution in [2.75, 3.05) is 38.3 Å². The molecule has 196 valence electrons. The number of halogens is 1. The van der Waals surface area contributed by atoms with Gasteiger partial charge in [-0.25, -0.2) is 4.39 Å². The Hall–Kier alpha value is -4.20. The molecule has 2 aliphatic heterocycles. The molecule has 2 aliphatic rings. The van der Waals surface area contributed by atoms with E-state index in [0.717, 1.165) is 11.3 Å². The minimum Gasteiger partial charge on any atom is -0.340 e. The average molecular weight is 515 g/mol. The molecule has 1 spiro atoms. The summed E-state index contributed by atoms with van der Waals surface area (Å²) >= 11 is 0. The SMILES string of the molecule is CN(Cc1ccccc1)C(=O)CN1CN(c2ccccc2)C2(CCN(C(=O)c3ccccc3F)CC2)C1=O. The second-order valence-electron chi connectivity index (χ2n) is 9.95. The largest absolute Gasteiger partial charge is 0.340 e. The zero-order chi connectivity index (χ0) is 26.7. The summed E-state index contributed by atoms with van der Waals surface area (Å²) in [6, 6.07) is 25.4. The Bertz CT molecular complexity index is 1310. The summed E-state index contributed by atoms with van der Waals surface area (Å²) in [5.74, 6) is -1.17. The first-order chi connectivity index (χ1) is 18.4. The lowest BCUT2D eigenvalue weighted by atomic mass is 9.85. The smallest absolute Gasteiger partial charge is 0.256 e. The third kappa shape index (κ3) is 4.86. The lowest BCUT2D eigenvalue weighted by molar-refractivity contribution is -0.140. The normalized spacial score (nSPS) is 16.7. The fourth-order valence-electron chi connectivity index (χ4n) is 5.44. The van der Waals surface area contributed by atoms with Gasteiger partial charge in [-0.2, -0.15) is 0 Å². The Morgan fingerprint density at radius 1 is 0.895 bits per heavy atom. The molecular weight excluding hydrogens is 483 g/mol. The van der Waals surface area contributed by atoms with Crippen LogP contribution in [0.3, 0.4) is 0 Å². The number of rotatable bonds is 6. The van der Waals surface area contributed by atoms with E-state index in [1.165, 1.54) is 12.1 Å². The molecule has 5 rings (SSSR count). The van der Waals surface area contributed by atoms with Gasteiger partial charge in [0, 0.05) is 32.4 Å². The van der Waals surface area contributed by atoms with Crippen LogP contribution in [-0.2, 0) is 16.1 Å². The minimum absolute atomic E-state index is 0.0227. The lowest BCUT2D eigenvalue weighted by Crippen LogP contribution is -2.57. The van der Waals surface area contributed by atoms with Gasteiger partial charge in [-0.05, 0) is 42.7 Å². The van der Waals surface area contributed by atoms with E-state index in [9.17, 15) is 18.8 Å². The van der Waals surface area contributed by atoms with Crippen molar-refractivity contribution in [2.24, 2.45) is 0 Å². The number of para-hydroxylation sites is 1. The second-order valence-corrected chi connectivity index (χ2v) is 9.95. The van der Waals surface area contributed by atoms with Gasteiger partial charge in [0.1, 0.15) is 17.9 Å². The Kier molecular flexibility index (Phi) is 7.13. The van der Waals surface area contributed by atoms with Crippen molar-refractivity contribution < 1.29 is 18.8 Å². The van der Waals surface area contributed by atoms with Crippen molar-refractivity contribution in [3.63, 3.8) is 0 Å². The summed E-state index contributed by atoms with van der Waals surface area (Å²) < 4.78 is 14.3. The Labute approximate surface area is 222 Å². The monoisotopic (exact) mass is 514 g/mol. The summed E-state index contributed by atoms with van der Waals surface area (Å²) in [5.41, 5.74) is 1.08. The molecule has 8 heteroatoms. The van der Waals surface area contributed by atoms with Crippen LogP contribution in [-0.4, -0.2) is 71.3 Å². The molecule has 3 aromatic carbocycles. The van der Waals surface area contributed by atoms with Crippen molar-refractivity contribution in [1.29, 1.82) is 0 Å². The van der Waals surface area contributed by atoms with E-state index in [1.54, 1.807) is 33.9 Å². The maximum absolute atomic E-state index is 14.3. The quantitative estimate of drug-likeness (QED) is 0.503. The summed E-state index contributed by atoms with van der Waals surface area (Å²) in [6.45, 7) is 1.36. The van der Waals surface area contributed by atoms with Crippen LogP contribution in [0.2, 0.25) is 0 Å². The van der Waals surface area contributed by atoms with Gasteiger partial charge in [-0.15, -0.1) is 0 Å². The highest BCUT2D eigenvalue weighted by molar-refractivity contribution is 5.97. The molecule has 0 atom stereocenters. The minimum atomic E-state index is -0.869. The molecule has 0 aromatic heterocycles. The number of nitrogens with zero attached hydrogens (tertiary/aromatic N) is 4. The number of anilines is 1. The van der Waals surface area contributed by atoms with Gasteiger partial charge in [0.15, 0.2) is 0 Å². The predicted octanol–water partition coefficient (Wildman–Crippen LogP) is 3.77. The average Bonchev–Trinajstić information content (AvgIpc) is 3.20. The standard InChI is InChI=1S/C30H31FN4O3/c1-32(20-23-10-4-2-5-11-23)27(36)21-34-22-35(24-12-6-3-7-13-24)30(29(34)38)16-18-33(19-17-30)28(37)25-14-8-9-15-26(25)31/h2-15H,16-22H2,1H3. The summed E-state index contributed by atoms with van der Waals surface area (Å²) in [7, 11) is 1.74. The van der Waals surface area contributed by atoms with Gasteiger partial charge >= 0.3 is 0 Å². The summed E-state index contributed by atoms with van der Waals surface area (Å²) in [4.78, 5) is 47.0. The number of likely N-dealkylation sites (tertiary alicyclic amines) is 1. The van der Waals surface area contributed by atoms with Gasteiger partial charge in [0.25, 0.3) is 11.8 Å². The first-order valence-electron chi connectivity index (χ1n) is 12.8. The number of amides is 3. The van der Waals surface area contributed by atoms with Crippen LogP contribution in [0, 0.1) is 5.82 Å². The molecule has 0 aliphatic carbocycles. The van der Waals surface area contributed by atoms with E-state index in [4.69, 9.17) is 0 Å². The van der Waals surface area contributed by atoms with Crippen LogP contribution < -0.4 is 4.90 Å². The maximum Gasteiger partial charge on any atom is 0.256 e. The van der Waals surface area contributed by atoms with Crippen LogP contribution in [0.1, 0.15) is 28.8 Å². The molecule has 3 amide bonds. The van der Waals surface area contributed by atoms with Crippen molar-refractivity contribution >= 4 is 23.4 Å². The first-order valence-corrected chi connectivity index (χ1v) is 12.8. The number of likely N-dealkylation sites (N-methyl/N-ethyl adjacent to an activating group) is 1. The number of piperidine rings is 1.